The highest BCUT2D eigenvalue weighted by Crippen LogP contribution is 2.30. The van der Waals surface area contributed by atoms with E-state index < -0.39 is 0 Å². The molecule has 0 radical (unpaired) electrons. The van der Waals surface area contributed by atoms with Gasteiger partial charge in [0.15, 0.2) is 5.78 Å². The Balaban J connectivity index is 1.55. The SMILES string of the molecule is O=C(Cc1ccccc1)c1cc2cc3c(-c4ccncc4)[nH][nH]c3cc2n1. The van der Waals surface area contributed by atoms with Crippen molar-refractivity contribution in [3.8, 4) is 11.3 Å². The maximum absolute atomic E-state index is 12.6. The number of pyridine rings is 1. The lowest BCUT2D eigenvalue weighted by molar-refractivity contribution is 0.0989. The van der Waals surface area contributed by atoms with Gasteiger partial charge in [0.1, 0.15) is 5.69 Å². The number of carbonyl (C=O) groups excluding carboxylic acids is 1. The Morgan fingerprint density at radius 2 is 1.74 bits per heavy atom. The Morgan fingerprint density at radius 1 is 0.926 bits per heavy atom. The van der Waals surface area contributed by atoms with Gasteiger partial charge >= 0.3 is 0 Å². The van der Waals surface area contributed by atoms with E-state index in [9.17, 15) is 4.79 Å². The Hall–Kier alpha value is -3.73. The van der Waals surface area contributed by atoms with Crippen LogP contribution in [0.15, 0.2) is 73.1 Å². The topological polar surface area (TPSA) is 74.4 Å². The molecule has 0 unspecified atom stereocenters. The molecule has 0 fully saturated rings. The second-order valence-corrected chi connectivity index (χ2v) is 6.54. The van der Waals surface area contributed by atoms with Gasteiger partial charge in [-0.2, -0.15) is 0 Å². The molecule has 2 N–H and O–H groups in total. The van der Waals surface area contributed by atoms with Gasteiger partial charge in [0.05, 0.1) is 16.7 Å². The van der Waals surface area contributed by atoms with Crippen molar-refractivity contribution in [3.63, 3.8) is 0 Å². The predicted octanol–water partition coefficient (Wildman–Crippen LogP) is 4.53. The smallest absolute Gasteiger partial charge is 0.185 e. The van der Waals surface area contributed by atoms with E-state index in [4.69, 9.17) is 0 Å². The highest BCUT2D eigenvalue weighted by molar-refractivity contribution is 6.05. The summed E-state index contributed by atoms with van der Waals surface area (Å²) in [5.41, 5.74) is 5.32. The molecule has 0 aliphatic heterocycles. The second kappa shape index (κ2) is 6.21. The fraction of sp³-hybridized carbons (Fsp3) is 0.0455. The third kappa shape index (κ3) is 2.79. The Labute approximate surface area is 155 Å². The molecule has 0 amide bonds. The number of H-pyrrole nitrogens is 2. The summed E-state index contributed by atoms with van der Waals surface area (Å²) < 4.78 is 0. The van der Waals surface area contributed by atoms with E-state index in [1.165, 1.54) is 0 Å². The molecule has 3 aromatic heterocycles. The van der Waals surface area contributed by atoms with Gasteiger partial charge in [0.25, 0.3) is 0 Å². The average molecular weight is 352 g/mol. The highest BCUT2D eigenvalue weighted by Gasteiger charge is 2.14. The number of nitrogens with zero attached hydrogens (tertiary/aromatic N) is 2. The van der Waals surface area contributed by atoms with Crippen molar-refractivity contribution < 1.29 is 4.79 Å². The summed E-state index contributed by atoms with van der Waals surface area (Å²) >= 11 is 0. The number of carbonyl (C=O) groups is 1. The van der Waals surface area contributed by atoms with Crippen molar-refractivity contribution in [1.82, 2.24) is 20.2 Å². The number of Topliss-reactive ketones (excluding diaryl/α,β-unsaturated/α-hetero) is 1. The average Bonchev–Trinajstić information content (AvgIpc) is 3.31. The number of aromatic nitrogens is 4. The van der Waals surface area contributed by atoms with Crippen LogP contribution in [0.5, 0.6) is 0 Å². The number of benzene rings is 2. The first-order valence-corrected chi connectivity index (χ1v) is 8.76. The molecule has 5 aromatic rings. The first-order valence-electron chi connectivity index (χ1n) is 8.76. The van der Waals surface area contributed by atoms with E-state index in [1.807, 2.05) is 54.6 Å². The minimum atomic E-state index is 0.0296. The van der Waals surface area contributed by atoms with Crippen LogP contribution in [0.25, 0.3) is 33.1 Å². The molecule has 0 bridgehead atoms. The van der Waals surface area contributed by atoms with Gasteiger partial charge in [-0.05, 0) is 35.9 Å². The molecule has 0 atom stereocenters. The van der Waals surface area contributed by atoms with Gasteiger partial charge in [-0.3, -0.25) is 14.9 Å². The maximum atomic E-state index is 12.6. The summed E-state index contributed by atoms with van der Waals surface area (Å²) in [6.07, 6.45) is 3.90. The highest BCUT2D eigenvalue weighted by atomic mass is 16.1. The van der Waals surface area contributed by atoms with E-state index in [1.54, 1.807) is 12.4 Å². The van der Waals surface area contributed by atoms with Crippen LogP contribution in [0, 0.1) is 0 Å². The Bertz CT molecular complexity index is 1250. The van der Waals surface area contributed by atoms with Crippen molar-refractivity contribution in [2.24, 2.45) is 0 Å². The van der Waals surface area contributed by atoms with Crippen LogP contribution in [0.4, 0.5) is 0 Å². The van der Waals surface area contributed by atoms with Crippen LogP contribution in [0.1, 0.15) is 16.1 Å². The van der Waals surface area contributed by atoms with Gasteiger partial charge in [-0.15, -0.1) is 0 Å². The molecule has 0 spiro atoms. The third-order valence-electron chi connectivity index (χ3n) is 4.75. The van der Waals surface area contributed by atoms with Crippen molar-refractivity contribution in [2.45, 2.75) is 6.42 Å². The molecule has 130 valence electrons. The molecule has 0 saturated heterocycles. The van der Waals surface area contributed by atoms with E-state index in [-0.39, 0.29) is 5.78 Å². The number of nitrogens with one attached hydrogen (secondary N) is 2. The van der Waals surface area contributed by atoms with Gasteiger partial charge in [-0.25, -0.2) is 4.98 Å². The third-order valence-corrected chi connectivity index (χ3v) is 4.75. The van der Waals surface area contributed by atoms with E-state index >= 15 is 0 Å². The van der Waals surface area contributed by atoms with Gasteiger partial charge in [0, 0.05) is 35.2 Å². The second-order valence-electron chi connectivity index (χ2n) is 6.54. The molecular weight excluding hydrogens is 336 g/mol. The molecule has 3 heterocycles. The zero-order valence-electron chi connectivity index (χ0n) is 14.4. The molecule has 0 aliphatic rings. The van der Waals surface area contributed by atoms with E-state index in [0.29, 0.717) is 12.1 Å². The van der Waals surface area contributed by atoms with Crippen LogP contribution in [-0.4, -0.2) is 25.9 Å². The van der Waals surface area contributed by atoms with Crippen LogP contribution in [0.3, 0.4) is 0 Å². The Morgan fingerprint density at radius 3 is 2.56 bits per heavy atom. The molecule has 5 rings (SSSR count). The standard InChI is InChI=1S/C22H16N4O/c27-21(10-14-4-2-1-3-5-14)20-12-16-11-17-19(13-18(16)24-20)25-26-22(17)15-6-8-23-9-7-15/h1-9,11-13,25-26H,10H2. The zero-order chi connectivity index (χ0) is 18.2. The molecule has 5 heteroatoms. The number of rotatable bonds is 4. The van der Waals surface area contributed by atoms with E-state index in [2.05, 4.69) is 26.2 Å². The van der Waals surface area contributed by atoms with E-state index in [0.717, 1.165) is 38.6 Å². The largest absolute Gasteiger partial charge is 0.300 e. The first-order chi connectivity index (χ1) is 13.3. The minimum Gasteiger partial charge on any atom is -0.300 e. The number of ketones is 1. The maximum Gasteiger partial charge on any atom is 0.185 e. The van der Waals surface area contributed by atoms with Gasteiger partial charge in [-0.1, -0.05) is 30.3 Å². The summed E-state index contributed by atoms with van der Waals surface area (Å²) in [5, 5.41) is 8.42. The van der Waals surface area contributed by atoms with Crippen molar-refractivity contribution in [1.29, 1.82) is 0 Å². The monoisotopic (exact) mass is 352 g/mol. The number of hydrogen-bond donors (Lipinski definition) is 2. The molecule has 0 aliphatic carbocycles. The van der Waals surface area contributed by atoms with Crippen LogP contribution in [-0.2, 0) is 6.42 Å². The summed E-state index contributed by atoms with van der Waals surface area (Å²) in [5.74, 6) is 0.0296. The summed E-state index contributed by atoms with van der Waals surface area (Å²) in [4.78, 5) is 21.2. The lowest BCUT2D eigenvalue weighted by atomic mass is 10.1. The normalized spacial score (nSPS) is 11.3. The van der Waals surface area contributed by atoms with Crippen LogP contribution < -0.4 is 0 Å². The van der Waals surface area contributed by atoms with Crippen molar-refractivity contribution in [2.75, 3.05) is 0 Å². The molecule has 2 aromatic carbocycles. The first kappa shape index (κ1) is 15.5. The van der Waals surface area contributed by atoms with Gasteiger partial charge in [0.2, 0.25) is 0 Å². The number of hydrogen-bond acceptors (Lipinski definition) is 3. The summed E-state index contributed by atoms with van der Waals surface area (Å²) in [7, 11) is 0. The number of fused-ring (bicyclic) bond motifs is 2. The zero-order valence-corrected chi connectivity index (χ0v) is 14.4. The minimum absolute atomic E-state index is 0.0296. The van der Waals surface area contributed by atoms with Crippen LogP contribution >= 0.6 is 0 Å². The lowest BCUT2D eigenvalue weighted by Crippen LogP contribution is -2.03. The summed E-state index contributed by atoms with van der Waals surface area (Å²) in [6.45, 7) is 0. The quantitative estimate of drug-likeness (QED) is 0.467. The van der Waals surface area contributed by atoms with Crippen molar-refractivity contribution >= 4 is 27.6 Å². The molecule has 0 saturated carbocycles. The number of aromatic amines is 2. The molecule has 5 nitrogen and oxygen atoms in total. The summed E-state index contributed by atoms with van der Waals surface area (Å²) in [6, 6.07) is 19.6. The lowest BCUT2D eigenvalue weighted by Gasteiger charge is -1.98. The van der Waals surface area contributed by atoms with Gasteiger partial charge < -0.3 is 5.10 Å². The fourth-order valence-corrected chi connectivity index (χ4v) is 3.40. The van der Waals surface area contributed by atoms with Crippen molar-refractivity contribution in [3.05, 3.63) is 84.3 Å². The Kier molecular flexibility index (Phi) is 3.57. The van der Waals surface area contributed by atoms with Crippen LogP contribution in [0.2, 0.25) is 0 Å². The predicted molar refractivity (Wildman–Crippen MR) is 106 cm³/mol. The molecule has 27 heavy (non-hydrogen) atoms. The fourth-order valence-electron chi connectivity index (χ4n) is 3.40. The molecular formula is C22H16N4O.